The Balaban J connectivity index is 1.42. The van der Waals surface area contributed by atoms with Crippen LogP contribution in [0.1, 0.15) is 22.3 Å². The fourth-order valence-corrected chi connectivity index (χ4v) is 4.08. The molecule has 0 unspecified atom stereocenters. The molecule has 1 atom stereocenters. The molecule has 6 nitrogen and oxygen atoms in total. The fraction of sp³-hybridized carbons (Fsp3) is 0.208. The highest BCUT2D eigenvalue weighted by molar-refractivity contribution is 6.37. The molecule has 2 heterocycles. The molecule has 1 amide bonds. The van der Waals surface area contributed by atoms with Gasteiger partial charge in [0, 0.05) is 24.8 Å². The van der Waals surface area contributed by atoms with Gasteiger partial charge in [-0.05, 0) is 36.2 Å². The van der Waals surface area contributed by atoms with Gasteiger partial charge in [-0.1, -0.05) is 60.1 Å². The number of likely N-dealkylation sites (tertiary alicyclic amines) is 1. The first-order chi connectivity index (χ1) is 15.0. The number of aliphatic carboxylic acids is 1. The molecule has 1 aliphatic rings. The minimum absolute atomic E-state index is 0.303. The average Bonchev–Trinajstić information content (AvgIpc) is 3.25. The van der Waals surface area contributed by atoms with Crippen molar-refractivity contribution in [1.29, 1.82) is 0 Å². The maximum atomic E-state index is 12.8. The topological polar surface area (TPSA) is 82.5 Å². The third-order valence-corrected chi connectivity index (χ3v) is 5.83. The molecule has 3 aromatic rings. The van der Waals surface area contributed by atoms with Gasteiger partial charge < -0.3 is 10.4 Å². The molecule has 0 saturated carbocycles. The Morgan fingerprint density at radius 2 is 1.90 bits per heavy atom. The van der Waals surface area contributed by atoms with Crippen LogP contribution < -0.4 is 5.32 Å². The number of carbonyl (C=O) groups is 2. The van der Waals surface area contributed by atoms with Crippen molar-refractivity contribution in [2.24, 2.45) is 5.92 Å². The van der Waals surface area contributed by atoms with Crippen LogP contribution in [0, 0.1) is 5.92 Å². The molecule has 0 spiro atoms. The van der Waals surface area contributed by atoms with Crippen molar-refractivity contribution in [3.8, 4) is 11.1 Å². The van der Waals surface area contributed by atoms with E-state index in [2.05, 4.69) is 15.2 Å². The summed E-state index contributed by atoms with van der Waals surface area (Å²) in [5.41, 5.74) is 3.08. The first-order valence-corrected chi connectivity index (χ1v) is 10.4. The maximum absolute atomic E-state index is 12.8. The SMILES string of the molecule is O=C(Nc1ccc(CN2CC[C@H](C(=O)O)C2)cn1)c1cccc(-c2ccccc2)c1Cl. The second-order valence-electron chi connectivity index (χ2n) is 7.60. The van der Waals surface area contributed by atoms with Crippen LogP contribution in [0.5, 0.6) is 0 Å². The zero-order valence-corrected chi connectivity index (χ0v) is 17.5. The molecule has 158 valence electrons. The van der Waals surface area contributed by atoms with E-state index >= 15 is 0 Å². The van der Waals surface area contributed by atoms with Crippen LogP contribution >= 0.6 is 11.6 Å². The van der Waals surface area contributed by atoms with E-state index in [0.29, 0.717) is 35.9 Å². The summed E-state index contributed by atoms with van der Waals surface area (Å²) < 4.78 is 0. The molecule has 7 heteroatoms. The zero-order valence-electron chi connectivity index (χ0n) is 16.8. The van der Waals surface area contributed by atoms with Gasteiger partial charge in [-0.3, -0.25) is 14.5 Å². The minimum Gasteiger partial charge on any atom is -0.481 e. The number of carboxylic acids is 1. The Bertz CT molecular complexity index is 1090. The number of carbonyl (C=O) groups excluding carboxylic acids is 1. The van der Waals surface area contributed by atoms with Crippen LogP contribution in [0.3, 0.4) is 0 Å². The Morgan fingerprint density at radius 3 is 2.58 bits per heavy atom. The highest BCUT2D eigenvalue weighted by atomic mass is 35.5. The summed E-state index contributed by atoms with van der Waals surface area (Å²) in [6.07, 6.45) is 2.37. The molecule has 31 heavy (non-hydrogen) atoms. The van der Waals surface area contributed by atoms with E-state index < -0.39 is 5.97 Å². The number of hydrogen-bond acceptors (Lipinski definition) is 4. The average molecular weight is 436 g/mol. The Hall–Kier alpha value is -3.22. The Kier molecular flexibility index (Phi) is 6.30. The number of aromatic nitrogens is 1. The van der Waals surface area contributed by atoms with Gasteiger partial charge in [0.25, 0.3) is 5.91 Å². The minimum atomic E-state index is -0.742. The quantitative estimate of drug-likeness (QED) is 0.593. The van der Waals surface area contributed by atoms with Crippen molar-refractivity contribution in [2.45, 2.75) is 13.0 Å². The second-order valence-corrected chi connectivity index (χ2v) is 7.98. The number of carboxylic acid groups (broad SMARTS) is 1. The number of nitrogens with one attached hydrogen (secondary N) is 1. The molecule has 0 aliphatic carbocycles. The second kappa shape index (κ2) is 9.29. The molecular weight excluding hydrogens is 414 g/mol. The molecule has 1 aliphatic heterocycles. The highest BCUT2D eigenvalue weighted by Gasteiger charge is 2.27. The molecule has 2 aromatic carbocycles. The van der Waals surface area contributed by atoms with Crippen LogP contribution in [0.4, 0.5) is 5.82 Å². The lowest BCUT2D eigenvalue weighted by Crippen LogP contribution is -2.23. The van der Waals surface area contributed by atoms with Gasteiger partial charge >= 0.3 is 5.97 Å². The number of nitrogens with zero attached hydrogens (tertiary/aromatic N) is 2. The van der Waals surface area contributed by atoms with E-state index in [1.54, 1.807) is 24.4 Å². The summed E-state index contributed by atoms with van der Waals surface area (Å²) in [5, 5.41) is 12.3. The summed E-state index contributed by atoms with van der Waals surface area (Å²) in [4.78, 5) is 30.3. The number of halogens is 1. The van der Waals surface area contributed by atoms with Crippen molar-refractivity contribution in [3.63, 3.8) is 0 Å². The largest absolute Gasteiger partial charge is 0.481 e. The Morgan fingerprint density at radius 1 is 1.10 bits per heavy atom. The van der Waals surface area contributed by atoms with E-state index in [9.17, 15) is 9.59 Å². The van der Waals surface area contributed by atoms with E-state index in [1.807, 2.05) is 42.5 Å². The predicted molar refractivity (Wildman–Crippen MR) is 120 cm³/mol. The first-order valence-electron chi connectivity index (χ1n) is 10.1. The molecule has 0 radical (unpaired) electrons. The van der Waals surface area contributed by atoms with Crippen LogP contribution in [0.15, 0.2) is 66.9 Å². The summed E-state index contributed by atoms with van der Waals surface area (Å²) in [5.74, 6) is -0.941. The molecular formula is C24H22ClN3O3. The van der Waals surface area contributed by atoms with Gasteiger partial charge in [0.05, 0.1) is 16.5 Å². The summed E-state index contributed by atoms with van der Waals surface area (Å²) in [7, 11) is 0. The van der Waals surface area contributed by atoms with Crippen molar-refractivity contribution in [1.82, 2.24) is 9.88 Å². The van der Waals surface area contributed by atoms with Crippen LogP contribution in [-0.2, 0) is 11.3 Å². The van der Waals surface area contributed by atoms with Gasteiger partial charge in [-0.15, -0.1) is 0 Å². The van der Waals surface area contributed by atoms with Gasteiger partial charge in [0.15, 0.2) is 0 Å². The summed E-state index contributed by atoms with van der Waals surface area (Å²) >= 11 is 6.53. The van der Waals surface area contributed by atoms with E-state index in [0.717, 1.165) is 23.2 Å². The van der Waals surface area contributed by atoms with Crippen LogP contribution in [0.2, 0.25) is 5.02 Å². The van der Waals surface area contributed by atoms with Crippen molar-refractivity contribution < 1.29 is 14.7 Å². The number of amides is 1. The maximum Gasteiger partial charge on any atom is 0.307 e. The fourth-order valence-electron chi connectivity index (χ4n) is 3.76. The van der Waals surface area contributed by atoms with Gasteiger partial charge in [-0.2, -0.15) is 0 Å². The molecule has 1 fully saturated rings. The number of hydrogen-bond donors (Lipinski definition) is 2. The van der Waals surface area contributed by atoms with Crippen molar-refractivity contribution in [3.05, 3.63) is 83.0 Å². The van der Waals surface area contributed by atoms with E-state index in [-0.39, 0.29) is 11.8 Å². The molecule has 1 aromatic heterocycles. The predicted octanol–water partition coefficient (Wildman–Crippen LogP) is 4.56. The Labute approximate surface area is 185 Å². The monoisotopic (exact) mass is 435 g/mol. The van der Waals surface area contributed by atoms with Crippen molar-refractivity contribution in [2.75, 3.05) is 18.4 Å². The van der Waals surface area contributed by atoms with Gasteiger partial charge in [0.1, 0.15) is 5.82 Å². The van der Waals surface area contributed by atoms with Crippen LogP contribution in [-0.4, -0.2) is 40.0 Å². The lowest BCUT2D eigenvalue weighted by atomic mass is 10.0. The third-order valence-electron chi connectivity index (χ3n) is 5.42. The van der Waals surface area contributed by atoms with E-state index in [4.69, 9.17) is 16.7 Å². The molecule has 1 saturated heterocycles. The highest BCUT2D eigenvalue weighted by Crippen LogP contribution is 2.31. The zero-order chi connectivity index (χ0) is 21.8. The van der Waals surface area contributed by atoms with Crippen molar-refractivity contribution >= 4 is 29.3 Å². The van der Waals surface area contributed by atoms with Crippen LogP contribution in [0.25, 0.3) is 11.1 Å². The molecule has 4 rings (SSSR count). The van der Waals surface area contributed by atoms with E-state index in [1.165, 1.54) is 0 Å². The molecule has 0 bridgehead atoms. The standard InChI is InChI=1S/C24H22ClN3O3/c25-22-19(17-5-2-1-3-6-17)7-4-8-20(22)23(29)27-21-10-9-16(13-26-21)14-28-12-11-18(15-28)24(30)31/h1-10,13,18H,11-12,14-15H2,(H,30,31)(H,26,27,29)/t18-/m0/s1. The number of anilines is 1. The summed E-state index contributed by atoms with van der Waals surface area (Å²) in [6.45, 7) is 1.94. The lowest BCUT2D eigenvalue weighted by Gasteiger charge is -2.15. The van der Waals surface area contributed by atoms with Gasteiger partial charge in [-0.25, -0.2) is 4.98 Å². The summed E-state index contributed by atoms with van der Waals surface area (Å²) in [6, 6.07) is 18.7. The number of benzene rings is 2. The molecule has 2 N–H and O–H groups in total. The first kappa shape index (κ1) is 21.0. The van der Waals surface area contributed by atoms with Gasteiger partial charge in [0.2, 0.25) is 0 Å². The normalized spacial score (nSPS) is 16.2. The smallest absolute Gasteiger partial charge is 0.307 e. The number of rotatable bonds is 6. The lowest BCUT2D eigenvalue weighted by molar-refractivity contribution is -0.141. The third kappa shape index (κ3) is 4.93. The number of pyridine rings is 1.